The van der Waals surface area contributed by atoms with E-state index in [-0.39, 0.29) is 0 Å². The minimum absolute atomic E-state index is 0.394. The highest BCUT2D eigenvalue weighted by atomic mass is 16.6. The lowest BCUT2D eigenvalue weighted by Gasteiger charge is -2.18. The summed E-state index contributed by atoms with van der Waals surface area (Å²) in [5, 5.41) is 7.55. The zero-order chi connectivity index (χ0) is 26.5. The normalized spacial score (nSPS) is 12.4. The Morgan fingerprint density at radius 1 is 1.00 bits per heavy atom. The molecule has 1 aliphatic heterocycles. The van der Waals surface area contributed by atoms with Crippen molar-refractivity contribution in [2.45, 2.75) is 13.8 Å². The fourth-order valence-corrected chi connectivity index (χ4v) is 4.04. The summed E-state index contributed by atoms with van der Waals surface area (Å²) in [7, 11) is 0. The first kappa shape index (κ1) is 24.8. The van der Waals surface area contributed by atoms with Crippen molar-refractivity contribution in [3.63, 3.8) is 0 Å². The molecule has 192 valence electrons. The van der Waals surface area contributed by atoms with E-state index < -0.39 is 18.5 Å². The number of ether oxygens (including phenoxy) is 3. The molecule has 2 heterocycles. The van der Waals surface area contributed by atoms with Crippen molar-refractivity contribution in [2.75, 3.05) is 25.1 Å². The number of amides is 1. The van der Waals surface area contributed by atoms with Gasteiger partial charge in [0.15, 0.2) is 18.1 Å². The van der Waals surface area contributed by atoms with E-state index in [1.165, 1.54) is 6.08 Å². The summed E-state index contributed by atoms with van der Waals surface area (Å²) in [5.41, 5.74) is 5.68. The van der Waals surface area contributed by atoms with Crippen LogP contribution >= 0.6 is 0 Å². The van der Waals surface area contributed by atoms with Crippen LogP contribution < -0.4 is 14.8 Å². The van der Waals surface area contributed by atoms with Gasteiger partial charge < -0.3 is 19.5 Å². The van der Waals surface area contributed by atoms with Gasteiger partial charge in [0.05, 0.1) is 5.69 Å². The molecule has 8 nitrogen and oxygen atoms in total. The van der Waals surface area contributed by atoms with E-state index >= 15 is 0 Å². The molecule has 0 atom stereocenters. The SMILES string of the molecule is Cc1ccc(C)c(NC(=O)COC(=O)/C=C/c2cn(-c3ccccc3)nc2-c2ccc3c(c2)OCCO3)c1. The van der Waals surface area contributed by atoms with Gasteiger partial charge in [-0.05, 0) is 67.4 Å². The molecule has 38 heavy (non-hydrogen) atoms. The van der Waals surface area contributed by atoms with Crippen LogP contribution in [0.3, 0.4) is 0 Å². The van der Waals surface area contributed by atoms with Crippen LogP contribution in [0.2, 0.25) is 0 Å². The van der Waals surface area contributed by atoms with Gasteiger partial charge in [0, 0.05) is 29.1 Å². The molecule has 0 radical (unpaired) electrons. The van der Waals surface area contributed by atoms with Gasteiger partial charge in [0.25, 0.3) is 5.91 Å². The van der Waals surface area contributed by atoms with Crippen molar-refractivity contribution in [3.8, 4) is 28.4 Å². The predicted molar refractivity (Wildman–Crippen MR) is 145 cm³/mol. The number of esters is 1. The van der Waals surface area contributed by atoms with E-state index in [4.69, 9.17) is 19.3 Å². The van der Waals surface area contributed by atoms with Crippen molar-refractivity contribution in [1.29, 1.82) is 0 Å². The Kier molecular flexibility index (Phi) is 7.21. The Morgan fingerprint density at radius 3 is 2.61 bits per heavy atom. The third-order valence-corrected chi connectivity index (χ3v) is 5.99. The molecule has 0 aliphatic carbocycles. The Balaban J connectivity index is 1.33. The highest BCUT2D eigenvalue weighted by Crippen LogP contribution is 2.35. The first-order valence-electron chi connectivity index (χ1n) is 12.2. The van der Waals surface area contributed by atoms with E-state index in [0.717, 1.165) is 22.4 Å². The monoisotopic (exact) mass is 509 g/mol. The minimum Gasteiger partial charge on any atom is -0.486 e. The number of benzene rings is 3. The molecule has 1 N–H and O–H groups in total. The standard InChI is InChI=1S/C30H27N3O5/c1-20-8-9-21(2)25(16-20)31-28(34)19-38-29(35)13-11-23-18-33(24-6-4-3-5-7-24)32-30(23)22-10-12-26-27(17-22)37-15-14-36-26/h3-13,16-18H,14-15,19H2,1-2H3,(H,31,34)/b13-11+. The summed E-state index contributed by atoms with van der Waals surface area (Å²) in [4.78, 5) is 24.8. The second-order valence-corrected chi connectivity index (χ2v) is 8.88. The van der Waals surface area contributed by atoms with Crippen LogP contribution in [-0.4, -0.2) is 41.5 Å². The van der Waals surface area contributed by atoms with Crippen molar-refractivity contribution < 1.29 is 23.8 Å². The maximum absolute atomic E-state index is 12.5. The van der Waals surface area contributed by atoms with E-state index in [1.807, 2.05) is 86.8 Å². The van der Waals surface area contributed by atoms with E-state index in [0.29, 0.717) is 41.7 Å². The highest BCUT2D eigenvalue weighted by molar-refractivity contribution is 5.95. The molecular formula is C30H27N3O5. The molecule has 0 saturated carbocycles. The van der Waals surface area contributed by atoms with Gasteiger partial charge in [-0.15, -0.1) is 0 Å². The molecule has 1 aromatic heterocycles. The number of nitrogens with zero attached hydrogens (tertiary/aromatic N) is 2. The fraction of sp³-hybridized carbons (Fsp3) is 0.167. The number of carbonyl (C=O) groups is 2. The molecule has 0 saturated heterocycles. The van der Waals surface area contributed by atoms with E-state index in [1.54, 1.807) is 10.8 Å². The molecule has 0 fully saturated rings. The Morgan fingerprint density at radius 2 is 1.79 bits per heavy atom. The maximum Gasteiger partial charge on any atom is 0.331 e. The van der Waals surface area contributed by atoms with Crippen LogP contribution in [0.4, 0.5) is 5.69 Å². The molecule has 3 aromatic carbocycles. The van der Waals surface area contributed by atoms with Gasteiger partial charge in [0.2, 0.25) is 0 Å². The second-order valence-electron chi connectivity index (χ2n) is 8.88. The number of rotatable bonds is 7. The van der Waals surface area contributed by atoms with Gasteiger partial charge in [0.1, 0.15) is 18.9 Å². The lowest BCUT2D eigenvalue weighted by atomic mass is 10.1. The lowest BCUT2D eigenvalue weighted by Crippen LogP contribution is -2.20. The van der Waals surface area contributed by atoms with Gasteiger partial charge >= 0.3 is 5.97 Å². The summed E-state index contributed by atoms with van der Waals surface area (Å²) in [6.45, 7) is 4.44. The van der Waals surface area contributed by atoms with Crippen LogP contribution in [0.25, 0.3) is 23.0 Å². The van der Waals surface area contributed by atoms with Crippen LogP contribution in [0.1, 0.15) is 16.7 Å². The highest BCUT2D eigenvalue weighted by Gasteiger charge is 2.17. The lowest BCUT2D eigenvalue weighted by molar-refractivity contribution is -0.142. The summed E-state index contributed by atoms with van der Waals surface area (Å²) in [6.07, 6.45) is 4.75. The Labute approximate surface area is 220 Å². The summed E-state index contributed by atoms with van der Waals surface area (Å²) < 4.78 is 18.3. The molecule has 1 aliphatic rings. The number of anilines is 1. The molecule has 8 heteroatoms. The number of fused-ring (bicyclic) bond motifs is 1. The predicted octanol–water partition coefficient (Wildman–Crippen LogP) is 5.12. The smallest absolute Gasteiger partial charge is 0.331 e. The fourth-order valence-electron chi connectivity index (χ4n) is 4.04. The minimum atomic E-state index is -0.637. The average Bonchev–Trinajstić information content (AvgIpc) is 3.37. The van der Waals surface area contributed by atoms with E-state index in [9.17, 15) is 9.59 Å². The first-order chi connectivity index (χ1) is 18.5. The zero-order valence-electron chi connectivity index (χ0n) is 21.1. The van der Waals surface area contributed by atoms with Crippen molar-refractivity contribution in [2.24, 2.45) is 0 Å². The number of hydrogen-bond donors (Lipinski definition) is 1. The zero-order valence-corrected chi connectivity index (χ0v) is 21.1. The topological polar surface area (TPSA) is 91.7 Å². The summed E-state index contributed by atoms with van der Waals surface area (Å²) in [5.74, 6) is 0.283. The second kappa shape index (κ2) is 11.0. The van der Waals surface area contributed by atoms with Gasteiger partial charge in [-0.2, -0.15) is 5.10 Å². The van der Waals surface area contributed by atoms with Crippen LogP contribution in [0.15, 0.2) is 79.0 Å². The van der Waals surface area contributed by atoms with E-state index in [2.05, 4.69) is 5.32 Å². The quantitative estimate of drug-likeness (QED) is 0.275. The number of nitrogens with one attached hydrogen (secondary N) is 1. The molecule has 4 aromatic rings. The third kappa shape index (κ3) is 5.75. The van der Waals surface area contributed by atoms with Gasteiger partial charge in [-0.1, -0.05) is 30.3 Å². The van der Waals surface area contributed by atoms with Crippen molar-refractivity contribution in [3.05, 3.63) is 95.7 Å². The van der Waals surface area contributed by atoms with Crippen molar-refractivity contribution in [1.82, 2.24) is 9.78 Å². The number of hydrogen-bond acceptors (Lipinski definition) is 6. The first-order valence-corrected chi connectivity index (χ1v) is 12.2. The van der Waals surface area contributed by atoms with Crippen LogP contribution in [0, 0.1) is 13.8 Å². The summed E-state index contributed by atoms with van der Waals surface area (Å²) in [6, 6.07) is 21.1. The van der Waals surface area contributed by atoms with Gasteiger partial charge in [-0.3, -0.25) is 4.79 Å². The summed E-state index contributed by atoms with van der Waals surface area (Å²) >= 11 is 0. The van der Waals surface area contributed by atoms with Gasteiger partial charge in [-0.25, -0.2) is 9.48 Å². The number of carbonyl (C=O) groups excluding carboxylic acids is 2. The molecule has 5 rings (SSSR count). The average molecular weight is 510 g/mol. The number of aromatic nitrogens is 2. The third-order valence-electron chi connectivity index (χ3n) is 5.99. The Hall–Kier alpha value is -4.85. The number of aryl methyl sites for hydroxylation is 2. The maximum atomic E-state index is 12.5. The van der Waals surface area contributed by atoms with Crippen molar-refractivity contribution >= 4 is 23.6 Å². The Bertz CT molecular complexity index is 1510. The molecule has 0 unspecified atom stereocenters. The van der Waals surface area contributed by atoms with Crippen LogP contribution in [-0.2, 0) is 14.3 Å². The molecule has 0 spiro atoms. The number of para-hydroxylation sites is 1. The van der Waals surface area contributed by atoms with Crippen LogP contribution in [0.5, 0.6) is 11.5 Å². The largest absolute Gasteiger partial charge is 0.486 e. The molecule has 0 bridgehead atoms. The molecule has 1 amide bonds. The molecular weight excluding hydrogens is 482 g/mol.